The van der Waals surface area contributed by atoms with Crippen molar-refractivity contribution < 1.29 is 4.42 Å². The number of hydrogen-bond donors (Lipinski definition) is 1. The smallest absolute Gasteiger partial charge is 0.118 e. The molecule has 0 amide bonds. The van der Waals surface area contributed by atoms with Crippen molar-refractivity contribution in [2.24, 2.45) is 0 Å². The van der Waals surface area contributed by atoms with Crippen molar-refractivity contribution in [3.8, 4) is 0 Å². The van der Waals surface area contributed by atoms with Crippen molar-refractivity contribution in [2.45, 2.75) is 46.4 Å². The Morgan fingerprint density at radius 1 is 1.00 bits per heavy atom. The Labute approximate surface area is 128 Å². The minimum atomic E-state index is 0.475. The lowest BCUT2D eigenvalue weighted by Gasteiger charge is -2.15. The molecule has 0 bridgehead atoms. The van der Waals surface area contributed by atoms with Gasteiger partial charge in [-0.3, -0.25) is 4.90 Å². The summed E-state index contributed by atoms with van der Waals surface area (Å²) in [5, 5.41) is 3.37. The highest BCUT2D eigenvalue weighted by atomic mass is 16.3. The van der Waals surface area contributed by atoms with Crippen LogP contribution in [0.3, 0.4) is 0 Å². The molecule has 0 aliphatic heterocycles. The summed E-state index contributed by atoms with van der Waals surface area (Å²) in [6, 6.07) is 13.3. The van der Waals surface area contributed by atoms with Crippen molar-refractivity contribution in [3.63, 3.8) is 0 Å². The van der Waals surface area contributed by atoms with E-state index in [9.17, 15) is 0 Å². The maximum Gasteiger partial charge on any atom is 0.118 e. The van der Waals surface area contributed by atoms with Crippen LogP contribution in [-0.4, -0.2) is 18.0 Å². The highest BCUT2D eigenvalue weighted by Crippen LogP contribution is 2.12. The third-order valence-electron chi connectivity index (χ3n) is 3.40. The van der Waals surface area contributed by atoms with Gasteiger partial charge < -0.3 is 9.73 Å². The van der Waals surface area contributed by atoms with Gasteiger partial charge in [-0.2, -0.15) is 0 Å². The number of furan rings is 1. The van der Waals surface area contributed by atoms with E-state index >= 15 is 0 Å². The van der Waals surface area contributed by atoms with Gasteiger partial charge in [0.1, 0.15) is 11.5 Å². The fraction of sp³-hybridized carbons (Fsp3) is 0.444. The number of nitrogens with one attached hydrogen (secondary N) is 1. The SMILES string of the molecule is Cc1ccc(CN(C)Cc2ccc(CNC(C)C)o2)cc1. The zero-order valence-electron chi connectivity index (χ0n) is 13.5. The Bertz CT molecular complexity index is 543. The molecule has 1 aromatic carbocycles. The Balaban J connectivity index is 1.84. The second kappa shape index (κ2) is 7.43. The zero-order chi connectivity index (χ0) is 15.2. The van der Waals surface area contributed by atoms with E-state index in [0.717, 1.165) is 31.2 Å². The molecule has 21 heavy (non-hydrogen) atoms. The highest BCUT2D eigenvalue weighted by Gasteiger charge is 2.07. The molecule has 1 heterocycles. The largest absolute Gasteiger partial charge is 0.463 e. The summed E-state index contributed by atoms with van der Waals surface area (Å²) in [7, 11) is 2.12. The minimum Gasteiger partial charge on any atom is -0.463 e. The van der Waals surface area contributed by atoms with Crippen molar-refractivity contribution in [1.82, 2.24) is 10.2 Å². The van der Waals surface area contributed by atoms with E-state index in [-0.39, 0.29) is 0 Å². The Morgan fingerprint density at radius 3 is 2.33 bits per heavy atom. The van der Waals surface area contributed by atoms with E-state index in [1.165, 1.54) is 11.1 Å². The molecule has 3 nitrogen and oxygen atoms in total. The first-order chi connectivity index (χ1) is 10.0. The molecule has 0 aliphatic carbocycles. The number of benzene rings is 1. The summed E-state index contributed by atoms with van der Waals surface area (Å²) in [6.45, 7) is 8.94. The van der Waals surface area contributed by atoms with Gasteiger partial charge in [-0.1, -0.05) is 43.7 Å². The highest BCUT2D eigenvalue weighted by molar-refractivity contribution is 5.21. The summed E-state index contributed by atoms with van der Waals surface area (Å²) in [5.74, 6) is 2.02. The Kier molecular flexibility index (Phi) is 5.59. The predicted molar refractivity (Wildman–Crippen MR) is 87.0 cm³/mol. The van der Waals surface area contributed by atoms with Gasteiger partial charge >= 0.3 is 0 Å². The van der Waals surface area contributed by atoms with Gasteiger partial charge in [0.05, 0.1) is 13.1 Å². The molecule has 1 N–H and O–H groups in total. The monoisotopic (exact) mass is 286 g/mol. The maximum atomic E-state index is 5.86. The summed E-state index contributed by atoms with van der Waals surface area (Å²) < 4.78 is 5.86. The van der Waals surface area contributed by atoms with Gasteiger partial charge in [0.25, 0.3) is 0 Å². The number of aryl methyl sites for hydroxylation is 1. The van der Waals surface area contributed by atoms with Gasteiger partial charge in [-0.15, -0.1) is 0 Å². The zero-order valence-corrected chi connectivity index (χ0v) is 13.5. The average Bonchev–Trinajstić information content (AvgIpc) is 2.86. The first kappa shape index (κ1) is 15.8. The van der Waals surface area contributed by atoms with Crippen LogP contribution in [0, 0.1) is 6.92 Å². The van der Waals surface area contributed by atoms with Gasteiger partial charge in [0.15, 0.2) is 0 Å². The molecule has 0 aliphatic rings. The van der Waals surface area contributed by atoms with E-state index in [1.807, 2.05) is 0 Å². The summed E-state index contributed by atoms with van der Waals surface area (Å²) >= 11 is 0. The van der Waals surface area contributed by atoms with Crippen LogP contribution in [0.1, 0.15) is 36.5 Å². The molecule has 2 aromatic rings. The van der Waals surface area contributed by atoms with E-state index in [0.29, 0.717) is 6.04 Å². The van der Waals surface area contributed by atoms with Gasteiger partial charge in [0, 0.05) is 12.6 Å². The maximum absolute atomic E-state index is 5.86. The van der Waals surface area contributed by atoms with Crippen molar-refractivity contribution in [1.29, 1.82) is 0 Å². The van der Waals surface area contributed by atoms with Crippen LogP contribution < -0.4 is 5.32 Å². The van der Waals surface area contributed by atoms with Crippen LogP contribution in [0.2, 0.25) is 0 Å². The van der Waals surface area contributed by atoms with Crippen LogP contribution in [0.5, 0.6) is 0 Å². The molecular weight excluding hydrogens is 260 g/mol. The van der Waals surface area contributed by atoms with E-state index < -0.39 is 0 Å². The van der Waals surface area contributed by atoms with Gasteiger partial charge in [-0.25, -0.2) is 0 Å². The standard InChI is InChI=1S/C18H26N2O/c1-14(2)19-11-17-9-10-18(21-17)13-20(4)12-16-7-5-15(3)6-8-16/h5-10,14,19H,11-13H2,1-4H3. The third kappa shape index (κ3) is 5.37. The lowest BCUT2D eigenvalue weighted by Crippen LogP contribution is -2.21. The fourth-order valence-corrected chi connectivity index (χ4v) is 2.23. The molecule has 0 spiro atoms. The quantitative estimate of drug-likeness (QED) is 0.841. The molecule has 2 rings (SSSR count). The second-order valence-electron chi connectivity index (χ2n) is 6.06. The molecule has 0 atom stereocenters. The lowest BCUT2D eigenvalue weighted by atomic mass is 10.1. The first-order valence-corrected chi connectivity index (χ1v) is 7.58. The molecule has 1 aromatic heterocycles. The first-order valence-electron chi connectivity index (χ1n) is 7.58. The van der Waals surface area contributed by atoms with Crippen molar-refractivity contribution in [3.05, 3.63) is 59.0 Å². The Morgan fingerprint density at radius 2 is 1.67 bits per heavy atom. The number of nitrogens with zero attached hydrogens (tertiary/aromatic N) is 1. The van der Waals surface area contributed by atoms with E-state index in [2.05, 4.69) is 74.4 Å². The molecule has 0 saturated carbocycles. The molecular formula is C18H26N2O. The molecule has 0 saturated heterocycles. The van der Waals surface area contributed by atoms with Crippen LogP contribution in [0.25, 0.3) is 0 Å². The molecule has 0 fully saturated rings. The molecule has 114 valence electrons. The van der Waals surface area contributed by atoms with E-state index in [1.54, 1.807) is 0 Å². The predicted octanol–water partition coefficient (Wildman–Crippen LogP) is 3.72. The third-order valence-corrected chi connectivity index (χ3v) is 3.40. The minimum absolute atomic E-state index is 0.475. The molecule has 0 radical (unpaired) electrons. The van der Waals surface area contributed by atoms with Crippen LogP contribution >= 0.6 is 0 Å². The van der Waals surface area contributed by atoms with Crippen LogP contribution in [0.15, 0.2) is 40.8 Å². The lowest BCUT2D eigenvalue weighted by molar-refractivity contribution is 0.282. The topological polar surface area (TPSA) is 28.4 Å². The summed E-state index contributed by atoms with van der Waals surface area (Å²) in [6.07, 6.45) is 0. The summed E-state index contributed by atoms with van der Waals surface area (Å²) in [5.41, 5.74) is 2.63. The van der Waals surface area contributed by atoms with Crippen molar-refractivity contribution >= 4 is 0 Å². The van der Waals surface area contributed by atoms with Gasteiger partial charge in [0.2, 0.25) is 0 Å². The van der Waals surface area contributed by atoms with E-state index in [4.69, 9.17) is 4.42 Å². The molecule has 3 heteroatoms. The van der Waals surface area contributed by atoms with Crippen molar-refractivity contribution in [2.75, 3.05) is 7.05 Å². The van der Waals surface area contributed by atoms with Gasteiger partial charge in [-0.05, 0) is 31.7 Å². The molecule has 0 unspecified atom stereocenters. The number of hydrogen-bond acceptors (Lipinski definition) is 3. The summed E-state index contributed by atoms with van der Waals surface area (Å²) in [4.78, 5) is 2.27. The number of rotatable bonds is 7. The normalized spacial score (nSPS) is 11.5. The van der Waals surface area contributed by atoms with Crippen LogP contribution in [0.4, 0.5) is 0 Å². The van der Waals surface area contributed by atoms with Crippen LogP contribution in [-0.2, 0) is 19.6 Å². The average molecular weight is 286 g/mol. The Hall–Kier alpha value is -1.58. The second-order valence-corrected chi connectivity index (χ2v) is 6.06. The fourth-order valence-electron chi connectivity index (χ4n) is 2.23.